The Morgan fingerprint density at radius 3 is 0.971 bits per heavy atom. The maximum Gasteiger partial charge on any atom is 0.119 e. The molecule has 0 aliphatic carbocycles. The molecule has 0 saturated heterocycles. The topological polar surface area (TPSA) is 101 Å². The molecule has 0 fully saturated rings. The molecule has 0 saturated carbocycles. The summed E-state index contributed by atoms with van der Waals surface area (Å²) in [4.78, 5) is 0. The lowest BCUT2D eigenvalue weighted by molar-refractivity contribution is 0.278. The molecule has 2 atom stereocenters. The molecule has 0 aliphatic rings. The van der Waals surface area contributed by atoms with Crippen molar-refractivity contribution in [2.75, 3.05) is 0 Å². The Bertz CT molecular complexity index is 4310. The minimum atomic E-state index is -0.270. The normalized spacial score (nSPS) is 12.9. The smallest absolute Gasteiger partial charge is 0.119 e. The third-order valence-corrected chi connectivity index (χ3v) is 21.2. The van der Waals surface area contributed by atoms with Crippen LogP contribution in [0.25, 0.3) is 0 Å². The maximum absolute atomic E-state index is 10.6. The summed E-state index contributed by atoms with van der Waals surface area (Å²) in [5.41, 5.74) is 17.3. The lowest BCUT2D eigenvalue weighted by Gasteiger charge is -2.35. The molecule has 10 aromatic rings. The summed E-state index contributed by atoms with van der Waals surface area (Å²) in [6.45, 7) is 55.3. The number of phenolic OH excluding ortho intramolecular Hbond substituents is 5. The number of phenols is 5. The molecule has 0 radical (unpaired) electrons. The number of hydrogen-bond donors (Lipinski definition) is 5. The number of aromatic hydroxyl groups is 5. The van der Waals surface area contributed by atoms with Crippen LogP contribution in [-0.2, 0) is 37.9 Å². The zero-order valence-electron chi connectivity index (χ0n) is 68.1. The van der Waals surface area contributed by atoms with E-state index in [9.17, 15) is 25.5 Å². The fraction of sp³-hybridized carbons (Fsp3) is 0.394. The molecule has 554 valence electrons. The highest BCUT2D eigenvalue weighted by Gasteiger charge is 2.35. The van der Waals surface area contributed by atoms with Crippen molar-refractivity contribution in [2.24, 2.45) is 10.8 Å². The van der Waals surface area contributed by atoms with Gasteiger partial charge in [0, 0.05) is 44.3 Å². The molecule has 0 heterocycles. The fourth-order valence-corrected chi connectivity index (χ4v) is 14.8. The van der Waals surface area contributed by atoms with Gasteiger partial charge in [-0.1, -0.05) is 384 Å². The molecule has 5 heteroatoms. The van der Waals surface area contributed by atoms with Gasteiger partial charge in [0.1, 0.15) is 28.7 Å². The van der Waals surface area contributed by atoms with E-state index in [1.807, 2.05) is 110 Å². The first kappa shape index (κ1) is 84.1. The molecule has 0 bridgehead atoms. The summed E-state index contributed by atoms with van der Waals surface area (Å²) in [6.07, 6.45) is 3.17. The molecule has 5 nitrogen and oxygen atoms in total. The summed E-state index contributed by atoms with van der Waals surface area (Å²) in [5.74, 6) is 2.57. The zero-order chi connectivity index (χ0) is 77.6. The van der Waals surface area contributed by atoms with E-state index < -0.39 is 0 Å². The second-order valence-electron chi connectivity index (χ2n) is 35.9. The van der Waals surface area contributed by atoms with Crippen LogP contribution in [0, 0.1) is 17.8 Å². The second-order valence-corrected chi connectivity index (χ2v) is 35.9. The molecular weight excluding hydrogens is 1270 g/mol. The van der Waals surface area contributed by atoms with E-state index in [0.29, 0.717) is 34.7 Å². The molecule has 2 unspecified atom stereocenters. The van der Waals surface area contributed by atoms with E-state index in [2.05, 4.69) is 300 Å². The van der Waals surface area contributed by atoms with Crippen molar-refractivity contribution in [3.8, 4) is 28.7 Å². The number of rotatable bonds is 16. The summed E-state index contributed by atoms with van der Waals surface area (Å²) in [5, 5.41) is 51.3. The molecule has 104 heavy (non-hydrogen) atoms. The molecule has 10 rings (SSSR count). The second kappa shape index (κ2) is 34.4. The molecule has 0 spiro atoms. The molecular formula is C99H128O5. The molecule has 0 aliphatic heterocycles. The minimum Gasteiger partial charge on any atom is -0.508 e. The highest BCUT2D eigenvalue weighted by atomic mass is 16.3. The van der Waals surface area contributed by atoms with Crippen molar-refractivity contribution >= 4 is 0 Å². The highest BCUT2D eigenvalue weighted by Crippen LogP contribution is 2.46. The Kier molecular flexibility index (Phi) is 27.8. The van der Waals surface area contributed by atoms with Crippen molar-refractivity contribution in [2.45, 2.75) is 242 Å². The van der Waals surface area contributed by atoms with Gasteiger partial charge >= 0.3 is 0 Å². The first-order valence-electron chi connectivity index (χ1n) is 37.7. The van der Waals surface area contributed by atoms with Crippen LogP contribution in [-0.4, -0.2) is 25.5 Å². The SMILES string of the molecule is CC(C)(C)CC(C)(C)c1cc(C(C)(C)c2ccccc2)ccc1O.CC(C)(C)CC(C)(C)c1ccc(O)c(C(C)(C)c2ccccc2)c1.CC(C)(c1ccccc1)c1ccc(O)c(C(C)(C)c2ccccc2)c1.CCC(C)c1cc(C(C)(C)C)ccc1O.Cc1ccc(O)c(C(C)c2ccccc2)c1. The van der Waals surface area contributed by atoms with E-state index in [1.54, 1.807) is 6.07 Å². The monoisotopic (exact) mass is 1400 g/mol. The van der Waals surface area contributed by atoms with Gasteiger partial charge in [-0.25, -0.2) is 0 Å². The van der Waals surface area contributed by atoms with Crippen LogP contribution in [0.3, 0.4) is 0 Å². The largest absolute Gasteiger partial charge is 0.508 e. The number of aryl methyl sites for hydroxylation is 1. The Balaban J connectivity index is 0.000000207. The van der Waals surface area contributed by atoms with Crippen LogP contribution in [0.5, 0.6) is 28.7 Å². The summed E-state index contributed by atoms with van der Waals surface area (Å²) in [6, 6.07) is 82.1. The van der Waals surface area contributed by atoms with Crippen LogP contribution in [0.1, 0.15) is 281 Å². The molecule has 10 aromatic carbocycles. The van der Waals surface area contributed by atoms with Gasteiger partial charge in [0.15, 0.2) is 0 Å². The van der Waals surface area contributed by atoms with Crippen LogP contribution in [0.15, 0.2) is 243 Å². The first-order valence-corrected chi connectivity index (χ1v) is 37.7. The van der Waals surface area contributed by atoms with E-state index in [0.717, 1.165) is 47.1 Å². The van der Waals surface area contributed by atoms with Gasteiger partial charge in [0.2, 0.25) is 0 Å². The van der Waals surface area contributed by atoms with Gasteiger partial charge in [0.25, 0.3) is 0 Å². The van der Waals surface area contributed by atoms with Crippen LogP contribution < -0.4 is 0 Å². The van der Waals surface area contributed by atoms with Crippen molar-refractivity contribution in [1.82, 2.24) is 0 Å². The average Bonchev–Trinajstić information content (AvgIpc) is 0.780. The fourth-order valence-electron chi connectivity index (χ4n) is 14.8. The predicted octanol–water partition coefficient (Wildman–Crippen LogP) is 27.0. The molecule has 5 N–H and O–H groups in total. The van der Waals surface area contributed by atoms with Crippen LogP contribution in [0.4, 0.5) is 0 Å². The third-order valence-electron chi connectivity index (χ3n) is 21.2. The summed E-state index contributed by atoms with van der Waals surface area (Å²) in [7, 11) is 0. The Morgan fingerprint density at radius 2 is 0.587 bits per heavy atom. The first-order chi connectivity index (χ1) is 48.2. The van der Waals surface area contributed by atoms with Gasteiger partial charge in [-0.3, -0.25) is 0 Å². The minimum absolute atomic E-state index is 0.0630. The summed E-state index contributed by atoms with van der Waals surface area (Å²) < 4.78 is 0. The standard InChI is InChI=1S/C24H26O.2C23H32O.C15H16O.C14H22O/c1-23(2,18-11-7-5-8-12-18)20-15-16-22(25)21(17-20)24(3,4)19-13-9-6-10-14-19;1-21(2,3)16-22(4,5)19-15-18(13-14-20(19)24)23(6,7)17-11-9-8-10-12-17;1-21(2,3)16-22(4,5)18-13-14-20(24)19(15-18)23(6,7)17-11-9-8-10-12-17;1-11-8-9-15(16)14(10-11)12(2)13-6-4-3-5-7-13;1-6-10(2)12-9-11(14(3,4)5)7-8-13(12)15/h5-17,25H,1-4H3;2*8-15,24H,16H2,1-7H3;3-10,12,16H,1-2H3;7-10,15H,6H2,1-5H3. The number of hydrogen-bond acceptors (Lipinski definition) is 5. The number of benzene rings is 10. The van der Waals surface area contributed by atoms with E-state index >= 15 is 0 Å². The third kappa shape index (κ3) is 22.4. The highest BCUT2D eigenvalue weighted by molar-refractivity contribution is 5.53. The van der Waals surface area contributed by atoms with Crippen molar-refractivity contribution in [3.05, 3.63) is 326 Å². The average molecular weight is 1400 g/mol. The van der Waals surface area contributed by atoms with E-state index in [1.165, 1.54) is 55.6 Å². The van der Waals surface area contributed by atoms with Gasteiger partial charge in [-0.2, -0.15) is 0 Å². The Labute approximate surface area is 629 Å². The van der Waals surface area contributed by atoms with Gasteiger partial charge < -0.3 is 25.5 Å². The van der Waals surface area contributed by atoms with E-state index in [4.69, 9.17) is 0 Å². The Hall–Kier alpha value is -8.80. The summed E-state index contributed by atoms with van der Waals surface area (Å²) >= 11 is 0. The van der Waals surface area contributed by atoms with Gasteiger partial charge in [-0.05, 0) is 151 Å². The van der Waals surface area contributed by atoms with Crippen molar-refractivity contribution < 1.29 is 25.5 Å². The lowest BCUT2D eigenvalue weighted by Crippen LogP contribution is -2.26. The lowest BCUT2D eigenvalue weighted by atomic mass is 9.70. The Morgan fingerprint density at radius 1 is 0.279 bits per heavy atom. The quantitative estimate of drug-likeness (QED) is 0.0664. The van der Waals surface area contributed by atoms with Gasteiger partial charge in [-0.15, -0.1) is 0 Å². The van der Waals surface area contributed by atoms with E-state index in [-0.39, 0.29) is 54.7 Å². The van der Waals surface area contributed by atoms with Crippen LogP contribution in [0.2, 0.25) is 0 Å². The van der Waals surface area contributed by atoms with Crippen molar-refractivity contribution in [3.63, 3.8) is 0 Å². The molecule has 0 amide bonds. The maximum atomic E-state index is 10.6. The zero-order valence-corrected chi connectivity index (χ0v) is 68.1. The molecule has 0 aromatic heterocycles. The van der Waals surface area contributed by atoms with Crippen LogP contribution >= 0.6 is 0 Å². The van der Waals surface area contributed by atoms with Crippen molar-refractivity contribution in [1.29, 1.82) is 0 Å². The predicted molar refractivity (Wildman–Crippen MR) is 445 cm³/mol. The van der Waals surface area contributed by atoms with Gasteiger partial charge in [0.05, 0.1) is 0 Å².